The van der Waals surface area contributed by atoms with Crippen molar-refractivity contribution in [3.63, 3.8) is 0 Å². The molecular weight excluding hydrogens is 148 g/mol. The zero-order valence-corrected chi connectivity index (χ0v) is 6.91. The van der Waals surface area contributed by atoms with Gasteiger partial charge in [0.25, 0.3) is 0 Å². The average Bonchev–Trinajstić information content (AvgIpc) is 2.05. The summed E-state index contributed by atoms with van der Waals surface area (Å²) in [4.78, 5) is 0. The fraction of sp³-hybridized carbons (Fsp3) is 0.0909. The molecule has 0 radical (unpaired) electrons. The maximum absolute atomic E-state index is 9.20. The number of phenolic OH excluding ortho intramolecular Hbond substituents is 1. The van der Waals surface area contributed by atoms with E-state index in [1.807, 2.05) is 18.2 Å². The topological polar surface area (TPSA) is 20.2 Å². The molecular formula is C11H10O. The van der Waals surface area contributed by atoms with Gasteiger partial charge in [-0.3, -0.25) is 0 Å². The molecule has 1 heteroatoms. The molecule has 1 nitrogen and oxygen atoms in total. The number of aromatic hydroxyl groups is 1. The van der Waals surface area contributed by atoms with Gasteiger partial charge in [0.05, 0.1) is 0 Å². The van der Waals surface area contributed by atoms with Crippen molar-refractivity contribution in [3.05, 3.63) is 42.0 Å². The van der Waals surface area contributed by atoms with Gasteiger partial charge in [0.1, 0.15) is 5.75 Å². The summed E-state index contributed by atoms with van der Waals surface area (Å²) < 4.78 is 0. The van der Waals surface area contributed by atoms with E-state index in [0.29, 0.717) is 5.75 Å². The molecule has 0 atom stereocenters. The van der Waals surface area contributed by atoms with Crippen molar-refractivity contribution in [2.45, 2.75) is 6.92 Å². The summed E-state index contributed by atoms with van der Waals surface area (Å²) in [5.41, 5.74) is 1.24. The van der Waals surface area contributed by atoms with Crippen molar-refractivity contribution in [2.24, 2.45) is 0 Å². The van der Waals surface area contributed by atoms with Crippen molar-refractivity contribution < 1.29 is 5.11 Å². The van der Waals surface area contributed by atoms with Gasteiger partial charge in [0.15, 0.2) is 0 Å². The van der Waals surface area contributed by atoms with Crippen molar-refractivity contribution in [1.82, 2.24) is 0 Å². The van der Waals surface area contributed by atoms with Crippen LogP contribution in [0.2, 0.25) is 0 Å². The Morgan fingerprint density at radius 1 is 0.917 bits per heavy atom. The van der Waals surface area contributed by atoms with E-state index in [9.17, 15) is 5.11 Å². The molecule has 0 aliphatic rings. The summed E-state index contributed by atoms with van der Waals surface area (Å²) >= 11 is 0. The lowest BCUT2D eigenvalue weighted by molar-refractivity contribution is 0.476. The standard InChI is InChI=1S/C11H10O/c1-8-2-3-10-7-11(12)5-4-9(10)6-8/h2-7,12H,1H3. The highest BCUT2D eigenvalue weighted by atomic mass is 16.3. The molecule has 0 amide bonds. The first-order valence-electron chi connectivity index (χ1n) is 3.95. The summed E-state index contributed by atoms with van der Waals surface area (Å²) in [6, 6.07) is 11.6. The lowest BCUT2D eigenvalue weighted by Gasteiger charge is -1.99. The van der Waals surface area contributed by atoms with Crippen LogP contribution in [0.25, 0.3) is 10.8 Å². The molecule has 0 fully saturated rings. The SMILES string of the molecule is Cc1ccc2cc(O)ccc2c1. The van der Waals surface area contributed by atoms with Crippen LogP contribution in [-0.2, 0) is 0 Å². The van der Waals surface area contributed by atoms with Gasteiger partial charge in [-0.15, -0.1) is 0 Å². The highest BCUT2D eigenvalue weighted by Crippen LogP contribution is 2.20. The van der Waals surface area contributed by atoms with Gasteiger partial charge in [-0.25, -0.2) is 0 Å². The van der Waals surface area contributed by atoms with E-state index in [1.165, 1.54) is 10.9 Å². The van der Waals surface area contributed by atoms with E-state index in [2.05, 4.69) is 13.0 Å². The van der Waals surface area contributed by atoms with E-state index in [0.717, 1.165) is 5.39 Å². The summed E-state index contributed by atoms with van der Waals surface area (Å²) in [6.45, 7) is 2.06. The fourth-order valence-electron chi connectivity index (χ4n) is 1.35. The number of rotatable bonds is 0. The van der Waals surface area contributed by atoms with Crippen LogP contribution in [0.3, 0.4) is 0 Å². The van der Waals surface area contributed by atoms with Gasteiger partial charge in [-0.2, -0.15) is 0 Å². The van der Waals surface area contributed by atoms with Crippen molar-refractivity contribution >= 4 is 10.8 Å². The Morgan fingerprint density at radius 2 is 1.58 bits per heavy atom. The summed E-state index contributed by atoms with van der Waals surface area (Å²) in [7, 11) is 0. The van der Waals surface area contributed by atoms with Gasteiger partial charge < -0.3 is 5.11 Å². The van der Waals surface area contributed by atoms with Gasteiger partial charge >= 0.3 is 0 Å². The van der Waals surface area contributed by atoms with Crippen LogP contribution >= 0.6 is 0 Å². The molecule has 0 saturated carbocycles. The van der Waals surface area contributed by atoms with Gasteiger partial charge in [-0.05, 0) is 29.8 Å². The molecule has 2 rings (SSSR count). The van der Waals surface area contributed by atoms with Crippen LogP contribution in [0.4, 0.5) is 0 Å². The predicted molar refractivity (Wildman–Crippen MR) is 50.3 cm³/mol. The van der Waals surface area contributed by atoms with Crippen LogP contribution in [0.5, 0.6) is 5.75 Å². The lowest BCUT2D eigenvalue weighted by atomic mass is 10.1. The highest BCUT2D eigenvalue weighted by Gasteiger charge is 1.93. The first-order valence-corrected chi connectivity index (χ1v) is 3.95. The minimum Gasteiger partial charge on any atom is -0.508 e. The van der Waals surface area contributed by atoms with Crippen LogP contribution in [0.15, 0.2) is 36.4 Å². The first-order chi connectivity index (χ1) is 5.75. The Hall–Kier alpha value is -1.50. The third-order valence-electron chi connectivity index (χ3n) is 1.98. The molecule has 2 aromatic carbocycles. The zero-order valence-electron chi connectivity index (χ0n) is 6.91. The molecule has 0 aliphatic heterocycles. The van der Waals surface area contributed by atoms with Crippen molar-refractivity contribution in [3.8, 4) is 5.75 Å². The normalized spacial score (nSPS) is 10.4. The Balaban J connectivity index is 2.79. The van der Waals surface area contributed by atoms with Crippen molar-refractivity contribution in [2.75, 3.05) is 0 Å². The smallest absolute Gasteiger partial charge is 0.116 e. The van der Waals surface area contributed by atoms with E-state index in [-0.39, 0.29) is 0 Å². The zero-order chi connectivity index (χ0) is 8.55. The molecule has 60 valence electrons. The number of hydrogen-bond acceptors (Lipinski definition) is 1. The molecule has 12 heavy (non-hydrogen) atoms. The molecule has 0 aromatic heterocycles. The molecule has 0 heterocycles. The van der Waals surface area contributed by atoms with E-state index in [4.69, 9.17) is 0 Å². The number of aryl methyl sites for hydroxylation is 1. The average molecular weight is 158 g/mol. The second-order valence-corrected chi connectivity index (χ2v) is 3.03. The van der Waals surface area contributed by atoms with Crippen LogP contribution < -0.4 is 0 Å². The Bertz CT molecular complexity index is 377. The fourth-order valence-corrected chi connectivity index (χ4v) is 1.35. The third kappa shape index (κ3) is 1.14. The summed E-state index contributed by atoms with van der Waals surface area (Å²) in [5.74, 6) is 0.325. The molecule has 0 spiro atoms. The second-order valence-electron chi connectivity index (χ2n) is 3.03. The second kappa shape index (κ2) is 2.52. The number of fused-ring (bicyclic) bond motifs is 1. The van der Waals surface area contributed by atoms with E-state index in [1.54, 1.807) is 12.1 Å². The largest absolute Gasteiger partial charge is 0.508 e. The summed E-state index contributed by atoms with van der Waals surface area (Å²) in [6.07, 6.45) is 0. The molecule has 0 unspecified atom stereocenters. The van der Waals surface area contributed by atoms with E-state index >= 15 is 0 Å². The quantitative estimate of drug-likeness (QED) is 0.625. The molecule has 1 N–H and O–H groups in total. The molecule has 0 bridgehead atoms. The monoisotopic (exact) mass is 158 g/mol. The van der Waals surface area contributed by atoms with Crippen LogP contribution in [-0.4, -0.2) is 5.11 Å². The van der Waals surface area contributed by atoms with Gasteiger partial charge in [0.2, 0.25) is 0 Å². The predicted octanol–water partition coefficient (Wildman–Crippen LogP) is 2.85. The van der Waals surface area contributed by atoms with Gasteiger partial charge in [-0.1, -0.05) is 29.8 Å². The highest BCUT2D eigenvalue weighted by molar-refractivity contribution is 5.84. The Kier molecular flexibility index (Phi) is 1.51. The number of benzene rings is 2. The number of phenols is 1. The third-order valence-corrected chi connectivity index (χ3v) is 1.98. The first kappa shape index (κ1) is 7.17. The summed E-state index contributed by atoms with van der Waals surface area (Å²) in [5, 5.41) is 11.5. The molecule has 2 aromatic rings. The molecule has 0 aliphatic carbocycles. The lowest BCUT2D eigenvalue weighted by Crippen LogP contribution is -1.74. The maximum atomic E-state index is 9.20. The van der Waals surface area contributed by atoms with Crippen LogP contribution in [0, 0.1) is 6.92 Å². The van der Waals surface area contributed by atoms with Gasteiger partial charge in [0, 0.05) is 0 Å². The van der Waals surface area contributed by atoms with Crippen LogP contribution in [0.1, 0.15) is 5.56 Å². The minimum absolute atomic E-state index is 0.325. The van der Waals surface area contributed by atoms with E-state index < -0.39 is 0 Å². The Labute approximate surface area is 71.3 Å². The number of hydrogen-bond donors (Lipinski definition) is 1. The maximum Gasteiger partial charge on any atom is 0.116 e. The molecule has 0 saturated heterocycles. The minimum atomic E-state index is 0.325. The van der Waals surface area contributed by atoms with Crippen molar-refractivity contribution in [1.29, 1.82) is 0 Å². The Morgan fingerprint density at radius 3 is 2.42 bits per heavy atom.